The number of primary amides is 1. The molecule has 0 fully saturated rings. The minimum absolute atomic E-state index is 0.186. The van der Waals surface area contributed by atoms with Crippen LogP contribution in [0.2, 0.25) is 0 Å². The fourth-order valence-corrected chi connectivity index (χ4v) is 2.23. The van der Waals surface area contributed by atoms with E-state index in [1.807, 2.05) is 45.9 Å². The first-order valence-electron chi connectivity index (χ1n) is 6.80. The van der Waals surface area contributed by atoms with Crippen LogP contribution in [0.5, 0.6) is 0 Å². The van der Waals surface area contributed by atoms with Gasteiger partial charge in [0, 0.05) is 17.7 Å². The number of nitrogens with one attached hydrogen (secondary N) is 1. The summed E-state index contributed by atoms with van der Waals surface area (Å²) in [6, 6.07) is 5.64. The van der Waals surface area contributed by atoms with Gasteiger partial charge in [-0.05, 0) is 39.3 Å². The molecule has 20 heavy (non-hydrogen) atoms. The summed E-state index contributed by atoms with van der Waals surface area (Å²) in [4.78, 5) is 24.1. The zero-order chi connectivity index (χ0) is 15.3. The van der Waals surface area contributed by atoms with Crippen LogP contribution in [0.25, 0.3) is 0 Å². The number of hydrogen-bond acceptors (Lipinski definition) is 3. The van der Waals surface area contributed by atoms with Crippen LogP contribution >= 0.6 is 0 Å². The molecule has 0 heterocycles. The lowest BCUT2D eigenvalue weighted by Gasteiger charge is -2.13. The number of carbonyl (C=O) groups excluding carboxylic acids is 2. The molecule has 0 unspecified atom stereocenters. The van der Waals surface area contributed by atoms with Crippen molar-refractivity contribution in [1.29, 1.82) is 0 Å². The van der Waals surface area contributed by atoms with Crippen LogP contribution in [0.15, 0.2) is 29.5 Å². The average molecular weight is 274 g/mol. The first-order valence-corrected chi connectivity index (χ1v) is 6.80. The van der Waals surface area contributed by atoms with Gasteiger partial charge in [-0.1, -0.05) is 24.1 Å². The van der Waals surface area contributed by atoms with Crippen LogP contribution in [0.3, 0.4) is 0 Å². The lowest BCUT2D eigenvalue weighted by molar-refractivity contribution is -0.114. The van der Waals surface area contributed by atoms with Gasteiger partial charge < -0.3 is 11.1 Å². The quantitative estimate of drug-likeness (QED) is 0.617. The van der Waals surface area contributed by atoms with E-state index in [0.29, 0.717) is 29.8 Å². The third kappa shape index (κ3) is 3.70. The van der Waals surface area contributed by atoms with Crippen LogP contribution < -0.4 is 11.1 Å². The van der Waals surface area contributed by atoms with E-state index in [9.17, 15) is 9.59 Å². The largest absolute Gasteiger partial charge is 0.382 e. The number of benzene rings is 1. The number of amides is 1. The van der Waals surface area contributed by atoms with E-state index in [0.717, 1.165) is 11.1 Å². The van der Waals surface area contributed by atoms with Gasteiger partial charge >= 0.3 is 0 Å². The van der Waals surface area contributed by atoms with Gasteiger partial charge in [-0.25, -0.2) is 0 Å². The molecule has 0 saturated carbocycles. The number of hydrogen-bond donors (Lipinski definition) is 2. The Labute approximate surface area is 120 Å². The molecule has 0 bridgehead atoms. The molecule has 0 aromatic heterocycles. The fraction of sp³-hybridized carbons (Fsp3) is 0.375. The van der Waals surface area contributed by atoms with Gasteiger partial charge in [0.05, 0.1) is 5.70 Å². The van der Waals surface area contributed by atoms with Gasteiger partial charge in [0.15, 0.2) is 0 Å². The zero-order valence-corrected chi connectivity index (χ0v) is 12.5. The number of Topliss-reactive ketones (excluding diaryl/α,β-unsaturated/α-hetero) is 1. The molecule has 0 aliphatic rings. The van der Waals surface area contributed by atoms with E-state index >= 15 is 0 Å². The summed E-state index contributed by atoms with van der Waals surface area (Å²) in [7, 11) is 0. The summed E-state index contributed by atoms with van der Waals surface area (Å²) in [5.41, 5.74) is 8.63. The number of likely N-dealkylation sites (N-methyl/N-ethyl adjacent to an activating group) is 1. The number of aryl methyl sites for hydroxylation is 2. The van der Waals surface area contributed by atoms with E-state index < -0.39 is 5.91 Å². The molecule has 1 rings (SSSR count). The van der Waals surface area contributed by atoms with E-state index in [2.05, 4.69) is 5.32 Å². The summed E-state index contributed by atoms with van der Waals surface area (Å²) in [6.07, 6.45) is 0.425. The van der Waals surface area contributed by atoms with Crippen molar-refractivity contribution in [2.75, 3.05) is 6.54 Å². The van der Waals surface area contributed by atoms with Crippen molar-refractivity contribution in [1.82, 2.24) is 5.32 Å². The summed E-state index contributed by atoms with van der Waals surface area (Å²) < 4.78 is 0. The maximum absolute atomic E-state index is 12.6. The van der Waals surface area contributed by atoms with Gasteiger partial charge in [-0.15, -0.1) is 0 Å². The smallest absolute Gasteiger partial charge is 0.246 e. The summed E-state index contributed by atoms with van der Waals surface area (Å²) >= 11 is 0. The number of allylic oxidation sites excluding steroid dienone is 1. The van der Waals surface area contributed by atoms with E-state index in [1.165, 1.54) is 0 Å². The lowest BCUT2D eigenvalue weighted by atomic mass is 9.99. The maximum Gasteiger partial charge on any atom is 0.246 e. The molecule has 0 aliphatic heterocycles. The molecule has 4 heteroatoms. The Balaban J connectivity index is 3.34. The predicted molar refractivity (Wildman–Crippen MR) is 80.4 cm³/mol. The number of rotatable bonds is 6. The molecule has 4 nitrogen and oxygen atoms in total. The van der Waals surface area contributed by atoms with Crippen LogP contribution in [0, 0.1) is 13.8 Å². The van der Waals surface area contributed by atoms with Gasteiger partial charge in [0.2, 0.25) is 11.7 Å². The highest BCUT2D eigenvalue weighted by Gasteiger charge is 2.19. The highest BCUT2D eigenvalue weighted by molar-refractivity contribution is 6.13. The van der Waals surface area contributed by atoms with E-state index in [4.69, 9.17) is 5.73 Å². The number of carbonyl (C=O) groups is 2. The summed E-state index contributed by atoms with van der Waals surface area (Å²) in [6.45, 7) is 8.13. The third-order valence-corrected chi connectivity index (χ3v) is 3.02. The van der Waals surface area contributed by atoms with Crippen LogP contribution in [0.1, 0.15) is 41.8 Å². The van der Waals surface area contributed by atoms with Crippen LogP contribution in [0.4, 0.5) is 0 Å². The minimum Gasteiger partial charge on any atom is -0.382 e. The monoisotopic (exact) mass is 274 g/mol. The molecular weight excluding hydrogens is 252 g/mol. The second kappa shape index (κ2) is 6.89. The standard InChI is InChI=1S/C16H22N2O2/c1-5-13(16(17)20)14(18-6-2)15(19)12-8-10(3)7-11(4)9-12/h7-9,18H,5-6H2,1-4H3,(H2,17,20)/b14-13-. The molecule has 1 aromatic carbocycles. The zero-order valence-electron chi connectivity index (χ0n) is 12.5. The van der Waals surface area contributed by atoms with Crippen molar-refractivity contribution in [3.05, 3.63) is 46.2 Å². The van der Waals surface area contributed by atoms with Crippen molar-refractivity contribution < 1.29 is 9.59 Å². The second-order valence-corrected chi connectivity index (χ2v) is 4.81. The van der Waals surface area contributed by atoms with Crippen molar-refractivity contribution in [2.45, 2.75) is 34.1 Å². The van der Waals surface area contributed by atoms with E-state index in [-0.39, 0.29) is 5.78 Å². The molecular formula is C16H22N2O2. The Hall–Kier alpha value is -2.10. The fourth-order valence-electron chi connectivity index (χ4n) is 2.23. The van der Waals surface area contributed by atoms with Crippen molar-refractivity contribution in [3.63, 3.8) is 0 Å². The van der Waals surface area contributed by atoms with Crippen molar-refractivity contribution >= 4 is 11.7 Å². The molecule has 1 amide bonds. The van der Waals surface area contributed by atoms with Gasteiger partial charge in [-0.2, -0.15) is 0 Å². The first kappa shape index (κ1) is 16.0. The molecule has 1 aromatic rings. The minimum atomic E-state index is -0.554. The van der Waals surface area contributed by atoms with Crippen LogP contribution in [-0.2, 0) is 4.79 Å². The molecule has 0 spiro atoms. The maximum atomic E-state index is 12.6. The van der Waals surface area contributed by atoms with Crippen LogP contribution in [-0.4, -0.2) is 18.2 Å². The van der Waals surface area contributed by atoms with Gasteiger partial charge in [0.1, 0.15) is 0 Å². The Morgan fingerprint density at radius 1 is 1.10 bits per heavy atom. The van der Waals surface area contributed by atoms with Gasteiger partial charge in [-0.3, -0.25) is 9.59 Å². The number of ketones is 1. The second-order valence-electron chi connectivity index (χ2n) is 4.81. The van der Waals surface area contributed by atoms with Crippen molar-refractivity contribution in [3.8, 4) is 0 Å². The lowest BCUT2D eigenvalue weighted by Crippen LogP contribution is -2.27. The Morgan fingerprint density at radius 2 is 1.65 bits per heavy atom. The Morgan fingerprint density at radius 3 is 2.05 bits per heavy atom. The molecule has 0 atom stereocenters. The normalized spacial score (nSPS) is 11.8. The summed E-state index contributed by atoms with van der Waals surface area (Å²) in [5, 5.41) is 2.98. The molecule has 108 valence electrons. The molecule has 0 saturated heterocycles. The Bertz CT molecular complexity index is 539. The first-order chi connectivity index (χ1) is 9.40. The summed E-state index contributed by atoms with van der Waals surface area (Å²) in [5.74, 6) is -0.740. The highest BCUT2D eigenvalue weighted by Crippen LogP contribution is 2.16. The molecule has 0 radical (unpaired) electrons. The predicted octanol–water partition coefficient (Wildman–Crippen LogP) is 2.25. The topological polar surface area (TPSA) is 72.2 Å². The SMILES string of the molecule is CCN/C(C(=O)c1cc(C)cc(C)c1)=C(/CC)C(N)=O. The average Bonchev–Trinajstić information content (AvgIpc) is 2.36. The van der Waals surface area contributed by atoms with Crippen molar-refractivity contribution in [2.24, 2.45) is 5.73 Å². The van der Waals surface area contributed by atoms with Gasteiger partial charge in [0.25, 0.3) is 0 Å². The number of nitrogens with two attached hydrogens (primary N) is 1. The third-order valence-electron chi connectivity index (χ3n) is 3.02. The highest BCUT2D eigenvalue weighted by atomic mass is 16.1. The molecule has 0 aliphatic carbocycles. The molecule has 3 N–H and O–H groups in total. The Kier molecular flexibility index (Phi) is 5.50. The van der Waals surface area contributed by atoms with E-state index in [1.54, 1.807) is 0 Å².